The third kappa shape index (κ3) is 6.42. The fourth-order valence-corrected chi connectivity index (χ4v) is 4.26. The monoisotopic (exact) mass is 530 g/mol. The third-order valence-corrected chi connectivity index (χ3v) is 6.32. The first-order valence-corrected chi connectivity index (χ1v) is 11.8. The van der Waals surface area contributed by atoms with Crippen LogP contribution < -0.4 is 10.1 Å². The standard InChI is InChI=1S/C25H17Cl2FN2O4S/c26-17-5-1-16(2-6-17)14-34-19-8-3-15(4-9-19)11-22-24(32)30(25(33)35-22)13-23(31)29-18-7-10-21(28)20(27)12-18/h1-12H,13-14H2,(H,29,31)/b22-11+. The zero-order valence-corrected chi connectivity index (χ0v) is 20.3. The number of imide groups is 1. The molecule has 1 aliphatic rings. The minimum atomic E-state index is -0.623. The van der Waals surface area contributed by atoms with E-state index in [-0.39, 0.29) is 15.6 Å². The Bertz CT molecular complexity index is 1310. The summed E-state index contributed by atoms with van der Waals surface area (Å²) in [5.74, 6) is -1.17. The summed E-state index contributed by atoms with van der Waals surface area (Å²) in [7, 11) is 0. The third-order valence-electron chi connectivity index (χ3n) is 4.88. The summed E-state index contributed by atoms with van der Waals surface area (Å²) in [5.41, 5.74) is 1.92. The summed E-state index contributed by atoms with van der Waals surface area (Å²) in [6.07, 6.45) is 1.57. The number of benzene rings is 3. The van der Waals surface area contributed by atoms with Crippen LogP contribution in [0.2, 0.25) is 10.0 Å². The average molecular weight is 531 g/mol. The largest absolute Gasteiger partial charge is 0.489 e. The number of ether oxygens (including phenoxy) is 1. The number of thioether (sulfide) groups is 1. The molecule has 1 saturated heterocycles. The SMILES string of the molecule is O=C(CN1C(=O)S/C(=C/c2ccc(OCc3ccc(Cl)cc3)cc2)C1=O)Nc1ccc(F)c(Cl)c1. The van der Waals surface area contributed by atoms with Crippen molar-refractivity contribution >= 4 is 63.8 Å². The first-order chi connectivity index (χ1) is 16.8. The quantitative estimate of drug-likeness (QED) is 0.358. The molecule has 1 fully saturated rings. The number of nitrogens with zero attached hydrogens (tertiary/aromatic N) is 1. The van der Waals surface area contributed by atoms with E-state index in [2.05, 4.69) is 5.32 Å². The second kappa shape index (κ2) is 10.9. The molecule has 0 aromatic heterocycles. The van der Waals surface area contributed by atoms with Gasteiger partial charge in [0.05, 0.1) is 9.93 Å². The normalized spacial score (nSPS) is 14.5. The molecule has 0 atom stereocenters. The fraction of sp³-hybridized carbons (Fsp3) is 0.0800. The van der Waals surface area contributed by atoms with Crippen LogP contribution in [0.25, 0.3) is 6.08 Å². The van der Waals surface area contributed by atoms with Crippen LogP contribution in [0.3, 0.4) is 0 Å². The predicted octanol–water partition coefficient (Wildman–Crippen LogP) is 6.39. The van der Waals surface area contributed by atoms with Crippen molar-refractivity contribution in [1.29, 1.82) is 0 Å². The molecule has 0 bridgehead atoms. The highest BCUT2D eigenvalue weighted by atomic mass is 35.5. The molecule has 3 amide bonds. The van der Waals surface area contributed by atoms with E-state index in [4.69, 9.17) is 27.9 Å². The number of carbonyl (C=O) groups excluding carboxylic acids is 3. The Morgan fingerprint density at radius 2 is 1.74 bits per heavy atom. The molecule has 3 aromatic carbocycles. The van der Waals surface area contributed by atoms with Crippen molar-refractivity contribution in [1.82, 2.24) is 4.90 Å². The first kappa shape index (κ1) is 24.8. The second-order valence-corrected chi connectivity index (χ2v) is 9.27. The Kier molecular flexibility index (Phi) is 7.75. The van der Waals surface area contributed by atoms with E-state index in [9.17, 15) is 18.8 Å². The molecule has 10 heteroatoms. The lowest BCUT2D eigenvalue weighted by Gasteiger charge is -2.12. The van der Waals surface area contributed by atoms with E-state index in [0.29, 0.717) is 22.9 Å². The number of rotatable bonds is 7. The van der Waals surface area contributed by atoms with Crippen LogP contribution >= 0.6 is 35.0 Å². The highest BCUT2D eigenvalue weighted by Gasteiger charge is 2.36. The number of carbonyl (C=O) groups is 3. The van der Waals surface area contributed by atoms with Gasteiger partial charge in [-0.3, -0.25) is 19.3 Å². The van der Waals surface area contributed by atoms with Crippen molar-refractivity contribution in [3.05, 3.63) is 98.6 Å². The van der Waals surface area contributed by atoms with Crippen LogP contribution in [0.15, 0.2) is 71.6 Å². The van der Waals surface area contributed by atoms with Gasteiger partial charge in [0.2, 0.25) is 5.91 Å². The molecule has 1 aliphatic heterocycles. The predicted molar refractivity (Wildman–Crippen MR) is 135 cm³/mol. The number of halogens is 3. The second-order valence-electron chi connectivity index (χ2n) is 7.43. The van der Waals surface area contributed by atoms with Crippen LogP contribution in [0.4, 0.5) is 14.9 Å². The summed E-state index contributed by atoms with van der Waals surface area (Å²) in [4.78, 5) is 38.3. The minimum absolute atomic E-state index is 0.154. The summed E-state index contributed by atoms with van der Waals surface area (Å²) < 4.78 is 19.0. The maximum absolute atomic E-state index is 13.3. The summed E-state index contributed by atoms with van der Waals surface area (Å²) >= 11 is 12.3. The first-order valence-electron chi connectivity index (χ1n) is 10.3. The Morgan fingerprint density at radius 3 is 2.43 bits per heavy atom. The van der Waals surface area contributed by atoms with E-state index < -0.39 is 29.4 Å². The van der Waals surface area contributed by atoms with Crippen LogP contribution in [0.1, 0.15) is 11.1 Å². The molecular weight excluding hydrogens is 514 g/mol. The molecule has 0 spiro atoms. The van der Waals surface area contributed by atoms with E-state index >= 15 is 0 Å². The van der Waals surface area contributed by atoms with Crippen molar-refractivity contribution in [3.63, 3.8) is 0 Å². The Morgan fingerprint density at radius 1 is 1.03 bits per heavy atom. The van der Waals surface area contributed by atoms with Crippen LogP contribution in [0.5, 0.6) is 5.75 Å². The topological polar surface area (TPSA) is 75.7 Å². The lowest BCUT2D eigenvalue weighted by atomic mass is 10.2. The molecule has 0 unspecified atom stereocenters. The van der Waals surface area contributed by atoms with Gasteiger partial charge >= 0.3 is 0 Å². The molecule has 0 aliphatic carbocycles. The molecule has 6 nitrogen and oxygen atoms in total. The van der Waals surface area contributed by atoms with Gasteiger partial charge < -0.3 is 10.1 Å². The average Bonchev–Trinajstić information content (AvgIpc) is 3.09. The van der Waals surface area contributed by atoms with Crippen LogP contribution in [-0.2, 0) is 16.2 Å². The fourth-order valence-electron chi connectivity index (χ4n) is 3.11. The van der Waals surface area contributed by atoms with E-state index in [0.717, 1.165) is 28.3 Å². The van der Waals surface area contributed by atoms with Crippen molar-refractivity contribution in [2.75, 3.05) is 11.9 Å². The maximum atomic E-state index is 13.3. The number of nitrogens with one attached hydrogen (secondary N) is 1. The highest BCUT2D eigenvalue weighted by molar-refractivity contribution is 8.18. The van der Waals surface area contributed by atoms with Gasteiger partial charge in [0.25, 0.3) is 11.1 Å². The molecule has 3 aromatic rings. The Balaban J connectivity index is 1.35. The van der Waals surface area contributed by atoms with Gasteiger partial charge in [-0.25, -0.2) is 4.39 Å². The molecule has 0 saturated carbocycles. The minimum Gasteiger partial charge on any atom is -0.489 e. The summed E-state index contributed by atoms with van der Waals surface area (Å²) in [6, 6.07) is 18.0. The Hall–Kier alpha value is -3.33. The number of hydrogen-bond acceptors (Lipinski definition) is 5. The van der Waals surface area contributed by atoms with Crippen LogP contribution in [-0.4, -0.2) is 28.5 Å². The highest BCUT2D eigenvalue weighted by Crippen LogP contribution is 2.32. The van der Waals surface area contributed by atoms with Gasteiger partial charge in [-0.2, -0.15) is 0 Å². The van der Waals surface area contributed by atoms with E-state index in [1.807, 2.05) is 12.1 Å². The lowest BCUT2D eigenvalue weighted by Crippen LogP contribution is -2.36. The van der Waals surface area contributed by atoms with Gasteiger partial charge in [-0.15, -0.1) is 0 Å². The summed E-state index contributed by atoms with van der Waals surface area (Å²) in [6.45, 7) is -0.101. The zero-order valence-electron chi connectivity index (χ0n) is 18.0. The van der Waals surface area contributed by atoms with Gasteiger partial charge in [-0.1, -0.05) is 47.5 Å². The molecule has 1 heterocycles. The zero-order chi connectivity index (χ0) is 24.9. The van der Waals surface area contributed by atoms with Gasteiger partial charge in [0, 0.05) is 10.7 Å². The van der Waals surface area contributed by atoms with Crippen molar-refractivity contribution < 1.29 is 23.5 Å². The van der Waals surface area contributed by atoms with Crippen molar-refractivity contribution in [3.8, 4) is 5.75 Å². The van der Waals surface area contributed by atoms with Crippen LogP contribution in [0, 0.1) is 5.82 Å². The number of anilines is 1. The number of amides is 3. The van der Waals surface area contributed by atoms with Gasteiger partial charge in [0.15, 0.2) is 0 Å². The smallest absolute Gasteiger partial charge is 0.294 e. The molecule has 4 rings (SSSR count). The number of hydrogen-bond donors (Lipinski definition) is 1. The molecule has 35 heavy (non-hydrogen) atoms. The lowest BCUT2D eigenvalue weighted by molar-refractivity contribution is -0.127. The molecular formula is C25H17Cl2FN2O4S. The maximum Gasteiger partial charge on any atom is 0.294 e. The molecule has 1 N–H and O–H groups in total. The molecule has 178 valence electrons. The van der Waals surface area contributed by atoms with E-state index in [1.54, 1.807) is 42.5 Å². The molecule has 0 radical (unpaired) electrons. The van der Waals surface area contributed by atoms with Crippen molar-refractivity contribution in [2.24, 2.45) is 0 Å². The summed E-state index contributed by atoms with van der Waals surface area (Å²) in [5, 5.41) is 2.43. The van der Waals surface area contributed by atoms with Crippen molar-refractivity contribution in [2.45, 2.75) is 6.61 Å². The van der Waals surface area contributed by atoms with Gasteiger partial charge in [-0.05, 0) is 71.4 Å². The van der Waals surface area contributed by atoms with E-state index in [1.165, 1.54) is 12.1 Å². The van der Waals surface area contributed by atoms with Gasteiger partial charge in [0.1, 0.15) is 24.7 Å². The Labute approximate surface area is 214 Å².